The highest BCUT2D eigenvalue weighted by atomic mass is 32.2. The van der Waals surface area contributed by atoms with Crippen LogP contribution < -0.4 is 4.90 Å². The summed E-state index contributed by atoms with van der Waals surface area (Å²) in [6, 6.07) is 0. The summed E-state index contributed by atoms with van der Waals surface area (Å²) in [7, 11) is 3.90. The van der Waals surface area contributed by atoms with Crippen molar-refractivity contribution in [1.82, 2.24) is 4.98 Å². The van der Waals surface area contributed by atoms with Gasteiger partial charge in [-0.1, -0.05) is 0 Å². The van der Waals surface area contributed by atoms with Crippen molar-refractivity contribution in [2.45, 2.75) is 4.34 Å². The van der Waals surface area contributed by atoms with Crippen molar-refractivity contribution < 1.29 is 0 Å². The van der Waals surface area contributed by atoms with Crippen LogP contribution in [0.15, 0.2) is 9.72 Å². The fraction of sp³-hybridized carbons (Fsp3) is 0.400. The highest BCUT2D eigenvalue weighted by Crippen LogP contribution is 2.18. The molecular weight excluding hydrogens is 152 g/mol. The second-order valence-corrected chi connectivity index (χ2v) is 3.37. The summed E-state index contributed by atoms with van der Waals surface area (Å²) in [6.45, 7) is 0. The van der Waals surface area contributed by atoms with Gasteiger partial charge in [0.25, 0.3) is 0 Å². The molecule has 0 aliphatic carbocycles. The first-order valence-electron chi connectivity index (χ1n) is 2.50. The zero-order chi connectivity index (χ0) is 6.85. The van der Waals surface area contributed by atoms with Gasteiger partial charge in [-0.2, -0.15) is 0 Å². The Labute approximate surface area is 63.9 Å². The number of hydrogen-bond acceptors (Lipinski definition) is 3. The quantitative estimate of drug-likeness (QED) is 0.620. The number of nitrogens with zero attached hydrogens (tertiary/aromatic N) is 2. The molecule has 0 N–H and O–H groups in total. The molecule has 9 heavy (non-hydrogen) atoms. The van der Waals surface area contributed by atoms with Gasteiger partial charge in [0.15, 0.2) is 4.34 Å². The summed E-state index contributed by atoms with van der Waals surface area (Å²) in [5, 5.41) is 1.95. The molecule has 0 saturated heterocycles. The van der Waals surface area contributed by atoms with Gasteiger partial charge >= 0.3 is 0 Å². The average Bonchev–Trinajstić information content (AvgIpc) is 2.14. The average molecular weight is 159 g/mol. The predicted molar refractivity (Wildman–Crippen MR) is 42.3 cm³/mol. The molecule has 0 amide bonds. The van der Waals surface area contributed by atoms with E-state index in [1.54, 1.807) is 0 Å². The van der Waals surface area contributed by atoms with Crippen molar-refractivity contribution in [3.63, 3.8) is 0 Å². The van der Waals surface area contributed by atoms with Crippen LogP contribution in [0.4, 0.5) is 5.82 Å². The SMILES string of the molecule is CN(C)c1csc([S])n1. The molecule has 1 rings (SSSR count). The highest BCUT2D eigenvalue weighted by Gasteiger charge is 1.98. The van der Waals surface area contributed by atoms with E-state index in [0.717, 1.165) is 5.82 Å². The molecule has 2 nitrogen and oxygen atoms in total. The third-order valence-electron chi connectivity index (χ3n) is 0.929. The van der Waals surface area contributed by atoms with E-state index in [2.05, 4.69) is 4.98 Å². The van der Waals surface area contributed by atoms with E-state index in [1.807, 2.05) is 24.4 Å². The Balaban J connectivity index is 2.85. The van der Waals surface area contributed by atoms with E-state index in [-0.39, 0.29) is 0 Å². The van der Waals surface area contributed by atoms with Crippen LogP contribution in [0.25, 0.3) is 0 Å². The van der Waals surface area contributed by atoms with Crippen LogP contribution in [-0.2, 0) is 0 Å². The summed E-state index contributed by atoms with van der Waals surface area (Å²) in [4.78, 5) is 6.01. The Morgan fingerprint density at radius 3 is 2.56 bits per heavy atom. The van der Waals surface area contributed by atoms with Gasteiger partial charge in [0.05, 0.1) is 0 Å². The van der Waals surface area contributed by atoms with Gasteiger partial charge in [-0.25, -0.2) is 4.98 Å². The first kappa shape index (κ1) is 6.77. The van der Waals surface area contributed by atoms with Gasteiger partial charge in [0, 0.05) is 19.5 Å². The third-order valence-corrected chi connectivity index (χ3v) is 1.93. The molecule has 0 unspecified atom stereocenters. The minimum atomic E-state index is 0.707. The lowest BCUT2D eigenvalue weighted by atomic mass is 10.7. The lowest BCUT2D eigenvalue weighted by Gasteiger charge is -2.05. The lowest BCUT2D eigenvalue weighted by Crippen LogP contribution is -2.08. The monoisotopic (exact) mass is 159 g/mol. The van der Waals surface area contributed by atoms with Crippen LogP contribution >= 0.6 is 24.0 Å². The lowest BCUT2D eigenvalue weighted by molar-refractivity contribution is 1.06. The highest BCUT2D eigenvalue weighted by molar-refractivity contribution is 7.82. The molecule has 0 aliphatic heterocycles. The Morgan fingerprint density at radius 1 is 1.67 bits per heavy atom. The van der Waals surface area contributed by atoms with E-state index < -0.39 is 0 Å². The fourth-order valence-corrected chi connectivity index (χ4v) is 1.31. The maximum Gasteiger partial charge on any atom is 0.182 e. The Hall–Kier alpha value is -0.350. The van der Waals surface area contributed by atoms with Crippen LogP contribution in [0, 0.1) is 0 Å². The topological polar surface area (TPSA) is 16.1 Å². The summed E-state index contributed by atoms with van der Waals surface area (Å²) in [6.07, 6.45) is 0. The maximum atomic E-state index is 4.83. The molecule has 4 heteroatoms. The summed E-state index contributed by atoms with van der Waals surface area (Å²) < 4.78 is 0.707. The van der Waals surface area contributed by atoms with Crippen molar-refractivity contribution in [2.75, 3.05) is 19.0 Å². The smallest absolute Gasteiger partial charge is 0.182 e. The summed E-state index contributed by atoms with van der Waals surface area (Å²) in [5.41, 5.74) is 0. The van der Waals surface area contributed by atoms with Crippen LogP contribution in [-0.4, -0.2) is 19.1 Å². The molecule has 1 aromatic rings. The zero-order valence-corrected chi connectivity index (χ0v) is 6.92. The minimum Gasteiger partial charge on any atom is -0.362 e. The van der Waals surface area contributed by atoms with Gasteiger partial charge in [-0.3, -0.25) is 0 Å². The van der Waals surface area contributed by atoms with E-state index in [9.17, 15) is 0 Å². The fourth-order valence-electron chi connectivity index (χ4n) is 0.455. The van der Waals surface area contributed by atoms with Crippen LogP contribution in [0.3, 0.4) is 0 Å². The van der Waals surface area contributed by atoms with Crippen molar-refractivity contribution in [3.8, 4) is 0 Å². The van der Waals surface area contributed by atoms with Gasteiger partial charge in [0.2, 0.25) is 0 Å². The zero-order valence-electron chi connectivity index (χ0n) is 5.29. The Morgan fingerprint density at radius 2 is 2.33 bits per heavy atom. The maximum absolute atomic E-state index is 4.83. The van der Waals surface area contributed by atoms with Crippen LogP contribution in [0.2, 0.25) is 0 Å². The molecule has 0 bridgehead atoms. The molecule has 49 valence electrons. The third kappa shape index (κ3) is 1.53. The van der Waals surface area contributed by atoms with Crippen LogP contribution in [0.1, 0.15) is 0 Å². The van der Waals surface area contributed by atoms with Gasteiger partial charge in [-0.05, 0) is 12.6 Å². The molecule has 1 radical (unpaired) electrons. The van der Waals surface area contributed by atoms with E-state index in [1.165, 1.54) is 11.3 Å². The van der Waals surface area contributed by atoms with Crippen LogP contribution in [0.5, 0.6) is 0 Å². The van der Waals surface area contributed by atoms with Crippen molar-refractivity contribution >= 4 is 29.8 Å². The molecule has 0 fully saturated rings. The minimum absolute atomic E-state index is 0.707. The van der Waals surface area contributed by atoms with E-state index in [0.29, 0.717) is 4.34 Å². The van der Waals surface area contributed by atoms with E-state index >= 15 is 0 Å². The first-order chi connectivity index (χ1) is 4.20. The number of rotatable bonds is 1. The van der Waals surface area contributed by atoms with Gasteiger partial charge in [-0.15, -0.1) is 11.3 Å². The first-order valence-corrected chi connectivity index (χ1v) is 3.79. The molecule has 1 aromatic heterocycles. The largest absolute Gasteiger partial charge is 0.362 e. The molecule has 0 aliphatic rings. The van der Waals surface area contributed by atoms with Crippen molar-refractivity contribution in [2.24, 2.45) is 0 Å². The molecule has 0 saturated carbocycles. The van der Waals surface area contributed by atoms with E-state index in [4.69, 9.17) is 12.6 Å². The normalized spacial score (nSPS) is 9.56. The summed E-state index contributed by atoms with van der Waals surface area (Å²) >= 11 is 6.33. The van der Waals surface area contributed by atoms with Gasteiger partial charge in [0.1, 0.15) is 5.82 Å². The summed E-state index contributed by atoms with van der Waals surface area (Å²) in [5.74, 6) is 0.949. The molecule has 0 spiro atoms. The number of hydrogen-bond donors (Lipinski definition) is 0. The molecule has 0 aromatic carbocycles. The number of anilines is 1. The Kier molecular flexibility index (Phi) is 1.87. The number of thiazole rings is 1. The molecule has 0 atom stereocenters. The van der Waals surface area contributed by atoms with Crippen molar-refractivity contribution in [1.29, 1.82) is 0 Å². The second-order valence-electron chi connectivity index (χ2n) is 1.87. The standard InChI is InChI=1S/C5H7N2S2/c1-7(2)4-3-9-5(8)6-4/h3H,1-2H3. The molecule has 1 heterocycles. The Bertz CT molecular complexity index is 195. The second kappa shape index (κ2) is 2.49. The number of aromatic nitrogens is 1. The van der Waals surface area contributed by atoms with Gasteiger partial charge < -0.3 is 4.90 Å². The predicted octanol–water partition coefficient (Wildman–Crippen LogP) is 1.77. The molecular formula is C5H7N2S2. The van der Waals surface area contributed by atoms with Crippen molar-refractivity contribution in [3.05, 3.63) is 5.38 Å².